The van der Waals surface area contributed by atoms with Crippen molar-refractivity contribution in [3.63, 3.8) is 0 Å². The summed E-state index contributed by atoms with van der Waals surface area (Å²) < 4.78 is 1.02. The lowest BCUT2D eigenvalue weighted by Gasteiger charge is -2.36. The quantitative estimate of drug-likeness (QED) is 0.928. The second-order valence-corrected chi connectivity index (χ2v) is 6.09. The first-order chi connectivity index (χ1) is 8.65. The molecule has 0 saturated carbocycles. The summed E-state index contributed by atoms with van der Waals surface area (Å²) in [5.74, 6) is 0. The molecule has 1 N–H and O–H groups in total. The zero-order valence-electron chi connectivity index (χ0n) is 10.8. The molecule has 2 rings (SSSR count). The molecule has 0 spiro atoms. The molecule has 2 heterocycles. The van der Waals surface area contributed by atoms with Gasteiger partial charge in [-0.1, -0.05) is 6.42 Å². The van der Waals surface area contributed by atoms with Gasteiger partial charge in [-0.15, -0.1) is 0 Å². The number of hydrogen-bond acceptors (Lipinski definition) is 3. The SMILES string of the molecule is CC(O)CC1CCCCN1Cc1ccc(Br)cn1. The maximum absolute atomic E-state index is 9.58. The highest BCUT2D eigenvalue weighted by Gasteiger charge is 2.23. The summed E-state index contributed by atoms with van der Waals surface area (Å²) in [5, 5.41) is 9.58. The molecule has 1 aliphatic rings. The number of nitrogens with zero attached hydrogens (tertiary/aromatic N) is 2. The molecule has 18 heavy (non-hydrogen) atoms. The Morgan fingerprint density at radius 2 is 2.33 bits per heavy atom. The fraction of sp³-hybridized carbons (Fsp3) is 0.643. The van der Waals surface area contributed by atoms with Gasteiger partial charge in [0, 0.05) is 23.3 Å². The van der Waals surface area contributed by atoms with Crippen molar-refractivity contribution in [3.05, 3.63) is 28.5 Å². The molecule has 0 radical (unpaired) electrons. The van der Waals surface area contributed by atoms with E-state index in [1.54, 1.807) is 0 Å². The first-order valence-electron chi connectivity index (χ1n) is 6.67. The number of aliphatic hydroxyl groups excluding tert-OH is 1. The third-order valence-electron chi connectivity index (χ3n) is 3.52. The Kier molecular flexibility index (Phi) is 5.15. The summed E-state index contributed by atoms with van der Waals surface area (Å²) in [6, 6.07) is 4.61. The Labute approximate surface area is 117 Å². The highest BCUT2D eigenvalue weighted by atomic mass is 79.9. The minimum absolute atomic E-state index is 0.214. The Balaban J connectivity index is 1.98. The Morgan fingerprint density at radius 3 is 3.00 bits per heavy atom. The van der Waals surface area contributed by atoms with Crippen molar-refractivity contribution in [1.82, 2.24) is 9.88 Å². The number of aliphatic hydroxyl groups is 1. The minimum Gasteiger partial charge on any atom is -0.393 e. The third-order valence-corrected chi connectivity index (χ3v) is 3.99. The van der Waals surface area contributed by atoms with Crippen molar-refractivity contribution in [2.24, 2.45) is 0 Å². The highest BCUT2D eigenvalue weighted by molar-refractivity contribution is 9.10. The molecule has 2 atom stereocenters. The predicted molar refractivity (Wildman–Crippen MR) is 76.3 cm³/mol. The van der Waals surface area contributed by atoms with Crippen molar-refractivity contribution in [2.45, 2.75) is 51.3 Å². The molecule has 3 nitrogen and oxygen atoms in total. The first kappa shape index (κ1) is 14.0. The number of piperidine rings is 1. The summed E-state index contributed by atoms with van der Waals surface area (Å²) in [4.78, 5) is 6.90. The minimum atomic E-state index is -0.214. The van der Waals surface area contributed by atoms with E-state index in [0.29, 0.717) is 6.04 Å². The molecule has 1 aromatic heterocycles. The van der Waals surface area contributed by atoms with E-state index in [1.165, 1.54) is 19.3 Å². The molecule has 0 aromatic carbocycles. The van der Waals surface area contributed by atoms with Crippen LogP contribution < -0.4 is 0 Å². The van der Waals surface area contributed by atoms with Crippen LogP contribution in [0.1, 0.15) is 38.3 Å². The van der Waals surface area contributed by atoms with Crippen molar-refractivity contribution in [3.8, 4) is 0 Å². The lowest BCUT2D eigenvalue weighted by Crippen LogP contribution is -2.40. The summed E-state index contributed by atoms with van der Waals surface area (Å²) in [6.07, 6.45) is 6.24. The summed E-state index contributed by atoms with van der Waals surface area (Å²) >= 11 is 3.41. The number of aromatic nitrogens is 1. The van der Waals surface area contributed by atoms with E-state index < -0.39 is 0 Å². The average Bonchev–Trinajstić information content (AvgIpc) is 2.34. The number of likely N-dealkylation sites (tertiary alicyclic amines) is 1. The molecular weight excluding hydrogens is 292 g/mol. The molecule has 0 bridgehead atoms. The van der Waals surface area contributed by atoms with Crippen LogP contribution >= 0.6 is 15.9 Å². The molecule has 1 saturated heterocycles. The maximum atomic E-state index is 9.58. The van der Waals surface area contributed by atoms with Crippen LogP contribution in [0.5, 0.6) is 0 Å². The first-order valence-corrected chi connectivity index (χ1v) is 7.47. The van der Waals surface area contributed by atoms with Gasteiger partial charge in [-0.25, -0.2) is 0 Å². The largest absolute Gasteiger partial charge is 0.393 e. The summed E-state index contributed by atoms with van der Waals surface area (Å²) in [7, 11) is 0. The molecule has 1 aromatic rings. The van der Waals surface area contributed by atoms with Crippen LogP contribution in [0.3, 0.4) is 0 Å². The van der Waals surface area contributed by atoms with E-state index in [-0.39, 0.29) is 6.10 Å². The number of rotatable bonds is 4. The van der Waals surface area contributed by atoms with Gasteiger partial charge in [0.2, 0.25) is 0 Å². The van der Waals surface area contributed by atoms with Gasteiger partial charge in [0.05, 0.1) is 11.8 Å². The van der Waals surface area contributed by atoms with E-state index in [9.17, 15) is 5.11 Å². The lowest BCUT2D eigenvalue weighted by atomic mass is 9.97. The number of pyridine rings is 1. The molecular formula is C14H21BrN2O. The van der Waals surface area contributed by atoms with Crippen LogP contribution in [0.4, 0.5) is 0 Å². The van der Waals surface area contributed by atoms with Gasteiger partial charge in [-0.2, -0.15) is 0 Å². The second-order valence-electron chi connectivity index (χ2n) is 5.17. The molecule has 4 heteroatoms. The normalized spacial score (nSPS) is 22.9. The van der Waals surface area contributed by atoms with Gasteiger partial charge >= 0.3 is 0 Å². The van der Waals surface area contributed by atoms with Crippen LogP contribution in [0.25, 0.3) is 0 Å². The zero-order valence-corrected chi connectivity index (χ0v) is 12.4. The smallest absolute Gasteiger partial charge is 0.0544 e. The van der Waals surface area contributed by atoms with Gasteiger partial charge in [-0.05, 0) is 60.8 Å². The van der Waals surface area contributed by atoms with Gasteiger partial charge in [-0.3, -0.25) is 9.88 Å². The van der Waals surface area contributed by atoms with E-state index >= 15 is 0 Å². The number of hydrogen-bond donors (Lipinski definition) is 1. The lowest BCUT2D eigenvalue weighted by molar-refractivity contribution is 0.0809. The third kappa shape index (κ3) is 4.04. The monoisotopic (exact) mass is 312 g/mol. The van der Waals surface area contributed by atoms with Gasteiger partial charge < -0.3 is 5.11 Å². The molecule has 1 aliphatic heterocycles. The van der Waals surface area contributed by atoms with Crippen LogP contribution in [-0.2, 0) is 6.54 Å². The van der Waals surface area contributed by atoms with Crippen LogP contribution in [0, 0.1) is 0 Å². The van der Waals surface area contributed by atoms with Crippen LogP contribution in [0.2, 0.25) is 0 Å². The topological polar surface area (TPSA) is 36.4 Å². The fourth-order valence-corrected chi connectivity index (χ4v) is 2.87. The second kappa shape index (κ2) is 6.64. The van der Waals surface area contributed by atoms with Crippen LogP contribution in [0.15, 0.2) is 22.8 Å². The highest BCUT2D eigenvalue weighted by Crippen LogP contribution is 2.22. The maximum Gasteiger partial charge on any atom is 0.0544 e. The predicted octanol–water partition coefficient (Wildman–Crippen LogP) is 2.97. The van der Waals surface area contributed by atoms with E-state index in [2.05, 4.69) is 31.9 Å². The standard InChI is InChI=1S/C14H21BrN2O/c1-11(18)8-14-4-2-3-7-17(14)10-13-6-5-12(15)9-16-13/h5-6,9,11,14,18H,2-4,7-8,10H2,1H3. The molecule has 0 amide bonds. The molecule has 0 aliphatic carbocycles. The van der Waals surface area contributed by atoms with Crippen molar-refractivity contribution in [1.29, 1.82) is 0 Å². The van der Waals surface area contributed by atoms with Gasteiger partial charge in [0.1, 0.15) is 0 Å². The molecule has 100 valence electrons. The Bertz CT molecular complexity index is 367. The molecule has 1 fully saturated rings. The average molecular weight is 313 g/mol. The van der Waals surface area contributed by atoms with E-state index in [4.69, 9.17) is 0 Å². The number of halogens is 1. The van der Waals surface area contributed by atoms with E-state index in [1.807, 2.05) is 19.2 Å². The van der Waals surface area contributed by atoms with Gasteiger partial charge in [0.15, 0.2) is 0 Å². The fourth-order valence-electron chi connectivity index (χ4n) is 2.64. The Morgan fingerprint density at radius 1 is 1.50 bits per heavy atom. The summed E-state index contributed by atoms with van der Waals surface area (Å²) in [5.41, 5.74) is 1.11. The van der Waals surface area contributed by atoms with E-state index in [0.717, 1.165) is 29.7 Å². The van der Waals surface area contributed by atoms with Crippen molar-refractivity contribution >= 4 is 15.9 Å². The van der Waals surface area contributed by atoms with Crippen LogP contribution in [-0.4, -0.2) is 33.7 Å². The van der Waals surface area contributed by atoms with Gasteiger partial charge in [0.25, 0.3) is 0 Å². The Hall–Kier alpha value is -0.450. The van der Waals surface area contributed by atoms with Crippen molar-refractivity contribution in [2.75, 3.05) is 6.54 Å². The summed E-state index contributed by atoms with van der Waals surface area (Å²) in [6.45, 7) is 3.89. The zero-order chi connectivity index (χ0) is 13.0. The molecule has 2 unspecified atom stereocenters. The van der Waals surface area contributed by atoms with Crippen molar-refractivity contribution < 1.29 is 5.11 Å².